The molecular formula is C21H30Cl3N7O. The number of aryl methyl sites for hydroxylation is 1. The van der Waals surface area contributed by atoms with E-state index in [0.29, 0.717) is 23.4 Å². The maximum absolute atomic E-state index is 12.7. The van der Waals surface area contributed by atoms with Crippen LogP contribution in [0, 0.1) is 6.92 Å². The number of tetrazole rings is 1. The number of benzene rings is 1. The number of piperazine rings is 1. The fourth-order valence-corrected chi connectivity index (χ4v) is 4.36. The fraction of sp³-hybridized carbons (Fsp3) is 0.524. The van der Waals surface area contributed by atoms with Crippen LogP contribution in [0.1, 0.15) is 29.8 Å². The van der Waals surface area contributed by atoms with Crippen LogP contribution in [0.4, 0.5) is 0 Å². The molecule has 0 atom stereocenters. The van der Waals surface area contributed by atoms with Gasteiger partial charge in [-0.2, -0.15) is 4.80 Å². The topological polar surface area (TPSA) is 79.2 Å². The third-order valence-electron chi connectivity index (χ3n) is 5.83. The van der Waals surface area contributed by atoms with Crippen molar-refractivity contribution in [2.75, 3.05) is 39.3 Å². The van der Waals surface area contributed by atoms with Gasteiger partial charge in [0.05, 0.1) is 6.54 Å². The van der Waals surface area contributed by atoms with Gasteiger partial charge in [-0.15, -0.1) is 35.0 Å². The van der Waals surface area contributed by atoms with Crippen LogP contribution in [0.5, 0.6) is 0 Å². The summed E-state index contributed by atoms with van der Waals surface area (Å²) in [5.41, 5.74) is 1.87. The van der Waals surface area contributed by atoms with E-state index in [1.165, 1.54) is 17.6 Å². The van der Waals surface area contributed by atoms with Crippen molar-refractivity contribution in [1.82, 2.24) is 35.3 Å². The summed E-state index contributed by atoms with van der Waals surface area (Å²) < 4.78 is 0. The second kappa shape index (κ2) is 12.5. The standard InChI is InChI=1S/C21H28ClN7O.2ClH/c1-16-24-26-29(25-16)15-18-14-19(22)4-2-17(18)3-5-21(30)28-12-10-27(11-13-28)20-6-8-23-9-7-20;;/h2-5,14,20,23H,6-13,15H2,1H3;2*1H. The first-order chi connectivity index (χ1) is 14.6. The third kappa shape index (κ3) is 6.89. The SMILES string of the molecule is Cc1nnn(Cc2cc(Cl)ccc2C=CC(=O)N2CCN(C3CCNCC3)CC2)n1.Cl.Cl. The van der Waals surface area contributed by atoms with E-state index in [9.17, 15) is 4.79 Å². The van der Waals surface area contributed by atoms with Gasteiger partial charge in [0.15, 0.2) is 5.82 Å². The molecule has 0 aliphatic carbocycles. The van der Waals surface area contributed by atoms with Gasteiger partial charge in [0.2, 0.25) is 5.91 Å². The van der Waals surface area contributed by atoms with Crippen LogP contribution in [-0.2, 0) is 11.3 Å². The molecular weight excluding hydrogens is 473 g/mol. The zero-order chi connectivity index (χ0) is 20.9. The Morgan fingerprint density at radius 2 is 1.91 bits per heavy atom. The van der Waals surface area contributed by atoms with Gasteiger partial charge in [-0.25, -0.2) is 0 Å². The van der Waals surface area contributed by atoms with Crippen LogP contribution in [-0.4, -0.2) is 81.2 Å². The van der Waals surface area contributed by atoms with Crippen LogP contribution in [0.3, 0.4) is 0 Å². The molecule has 1 aromatic carbocycles. The summed E-state index contributed by atoms with van der Waals surface area (Å²) in [6, 6.07) is 6.28. The van der Waals surface area contributed by atoms with Crippen molar-refractivity contribution in [3.8, 4) is 0 Å². The second-order valence-corrected chi connectivity index (χ2v) is 8.32. The number of carbonyl (C=O) groups excluding carboxylic acids is 1. The van der Waals surface area contributed by atoms with Gasteiger partial charge < -0.3 is 10.2 Å². The quantitative estimate of drug-likeness (QED) is 0.633. The highest BCUT2D eigenvalue weighted by Crippen LogP contribution is 2.19. The molecule has 3 heterocycles. The maximum atomic E-state index is 12.7. The predicted octanol–water partition coefficient (Wildman–Crippen LogP) is 2.44. The van der Waals surface area contributed by atoms with Crippen LogP contribution in [0.2, 0.25) is 5.02 Å². The fourth-order valence-electron chi connectivity index (χ4n) is 4.16. The Morgan fingerprint density at radius 1 is 1.19 bits per heavy atom. The minimum atomic E-state index is 0. The van der Waals surface area contributed by atoms with Gasteiger partial charge in [-0.05, 0) is 67.4 Å². The molecule has 2 aromatic rings. The molecule has 1 N–H and O–H groups in total. The highest BCUT2D eigenvalue weighted by atomic mass is 35.5. The van der Waals surface area contributed by atoms with Gasteiger partial charge in [-0.1, -0.05) is 17.7 Å². The average molecular weight is 503 g/mol. The molecule has 0 radical (unpaired) electrons. The number of aromatic nitrogens is 4. The van der Waals surface area contributed by atoms with Gasteiger partial charge in [0.25, 0.3) is 0 Å². The molecule has 1 aromatic heterocycles. The van der Waals surface area contributed by atoms with Crippen LogP contribution < -0.4 is 5.32 Å². The predicted molar refractivity (Wildman–Crippen MR) is 131 cm³/mol. The highest BCUT2D eigenvalue weighted by molar-refractivity contribution is 6.30. The van der Waals surface area contributed by atoms with Crippen molar-refractivity contribution in [1.29, 1.82) is 0 Å². The lowest BCUT2D eigenvalue weighted by Crippen LogP contribution is -2.53. The summed E-state index contributed by atoms with van der Waals surface area (Å²) in [4.78, 5) is 18.7. The zero-order valence-electron chi connectivity index (χ0n) is 18.1. The summed E-state index contributed by atoms with van der Waals surface area (Å²) in [6.45, 7) is 7.91. The molecule has 2 aliphatic rings. The Bertz CT molecular complexity index is 907. The van der Waals surface area contributed by atoms with Crippen LogP contribution in [0.25, 0.3) is 6.08 Å². The van der Waals surface area contributed by atoms with E-state index in [1.807, 2.05) is 29.2 Å². The monoisotopic (exact) mass is 501 g/mol. The summed E-state index contributed by atoms with van der Waals surface area (Å²) in [6.07, 6.45) is 5.92. The third-order valence-corrected chi connectivity index (χ3v) is 6.06. The second-order valence-electron chi connectivity index (χ2n) is 7.89. The minimum Gasteiger partial charge on any atom is -0.337 e. The minimum absolute atomic E-state index is 0. The van der Waals surface area contributed by atoms with E-state index in [0.717, 1.165) is 50.4 Å². The van der Waals surface area contributed by atoms with Gasteiger partial charge in [0, 0.05) is 43.3 Å². The van der Waals surface area contributed by atoms with E-state index >= 15 is 0 Å². The molecule has 32 heavy (non-hydrogen) atoms. The lowest BCUT2D eigenvalue weighted by Gasteiger charge is -2.40. The van der Waals surface area contributed by atoms with E-state index in [2.05, 4.69) is 25.6 Å². The maximum Gasteiger partial charge on any atom is 0.246 e. The smallest absolute Gasteiger partial charge is 0.246 e. The first-order valence-electron chi connectivity index (χ1n) is 10.5. The molecule has 0 unspecified atom stereocenters. The Balaban J connectivity index is 0.00000181. The number of rotatable bonds is 5. The molecule has 176 valence electrons. The number of halogens is 3. The molecule has 2 fully saturated rings. The van der Waals surface area contributed by atoms with Gasteiger partial charge in [-0.3, -0.25) is 9.69 Å². The Kier molecular flexibility index (Phi) is 10.4. The summed E-state index contributed by atoms with van der Waals surface area (Å²) >= 11 is 6.18. The molecule has 4 rings (SSSR count). The largest absolute Gasteiger partial charge is 0.337 e. The normalized spacial score (nSPS) is 17.8. The molecule has 2 aliphatic heterocycles. The lowest BCUT2D eigenvalue weighted by atomic mass is 10.0. The molecule has 0 saturated carbocycles. The molecule has 0 bridgehead atoms. The van der Waals surface area contributed by atoms with Crippen LogP contribution >= 0.6 is 36.4 Å². The Morgan fingerprint density at radius 3 is 2.56 bits per heavy atom. The van der Waals surface area contributed by atoms with Crippen molar-refractivity contribution >= 4 is 48.4 Å². The zero-order valence-corrected chi connectivity index (χ0v) is 20.5. The van der Waals surface area contributed by atoms with Crippen molar-refractivity contribution in [2.24, 2.45) is 0 Å². The van der Waals surface area contributed by atoms with Crippen molar-refractivity contribution < 1.29 is 4.79 Å². The molecule has 2 saturated heterocycles. The van der Waals surface area contributed by atoms with Crippen molar-refractivity contribution in [3.63, 3.8) is 0 Å². The van der Waals surface area contributed by atoms with Gasteiger partial charge in [0.1, 0.15) is 0 Å². The summed E-state index contributed by atoms with van der Waals surface area (Å²) in [7, 11) is 0. The number of hydrogen-bond acceptors (Lipinski definition) is 6. The summed E-state index contributed by atoms with van der Waals surface area (Å²) in [5, 5.41) is 16.2. The number of nitrogens with one attached hydrogen (secondary N) is 1. The number of amides is 1. The molecule has 11 heteroatoms. The Labute approximate surface area is 206 Å². The lowest BCUT2D eigenvalue weighted by molar-refractivity contribution is -0.128. The molecule has 1 amide bonds. The number of piperidine rings is 1. The summed E-state index contributed by atoms with van der Waals surface area (Å²) in [5.74, 6) is 0.670. The van der Waals surface area contributed by atoms with E-state index < -0.39 is 0 Å². The van der Waals surface area contributed by atoms with E-state index in [4.69, 9.17) is 11.6 Å². The van der Waals surface area contributed by atoms with Crippen molar-refractivity contribution in [3.05, 3.63) is 46.2 Å². The first-order valence-corrected chi connectivity index (χ1v) is 10.9. The number of hydrogen-bond donors (Lipinski definition) is 1. The Hall–Kier alpha value is -1.71. The highest BCUT2D eigenvalue weighted by Gasteiger charge is 2.26. The number of carbonyl (C=O) groups is 1. The number of nitrogens with zero attached hydrogens (tertiary/aromatic N) is 6. The van der Waals surface area contributed by atoms with Crippen molar-refractivity contribution in [2.45, 2.75) is 32.4 Å². The average Bonchev–Trinajstić information content (AvgIpc) is 3.18. The van der Waals surface area contributed by atoms with Crippen LogP contribution in [0.15, 0.2) is 24.3 Å². The molecule has 0 spiro atoms. The first kappa shape index (κ1) is 26.5. The molecule has 8 nitrogen and oxygen atoms in total. The van der Waals surface area contributed by atoms with Gasteiger partial charge >= 0.3 is 0 Å². The van der Waals surface area contributed by atoms with E-state index in [1.54, 1.807) is 13.0 Å². The van der Waals surface area contributed by atoms with E-state index in [-0.39, 0.29) is 30.7 Å².